The zero-order chi connectivity index (χ0) is 7.23. The highest BCUT2D eigenvalue weighted by atomic mass is 35.5. The lowest BCUT2D eigenvalue weighted by atomic mass is 10.3. The Morgan fingerprint density at radius 1 is 1.08 bits per heavy atom. The average molecular weight is 209 g/mol. The molecule has 1 nitrogen and oxygen atoms in total. The quantitative estimate of drug-likeness (QED) is 0.741. The fourth-order valence-corrected chi connectivity index (χ4v) is 0.737. The van der Waals surface area contributed by atoms with E-state index in [-0.39, 0.29) is 24.8 Å². The maximum atomic E-state index is 5.36. The summed E-state index contributed by atoms with van der Waals surface area (Å²) in [7, 11) is 0. The van der Waals surface area contributed by atoms with Crippen molar-refractivity contribution in [2.45, 2.75) is 13.3 Å². The second kappa shape index (κ2) is 8.69. The molecule has 0 aliphatic heterocycles. The Morgan fingerprint density at radius 2 is 1.67 bits per heavy atom. The van der Waals surface area contributed by atoms with E-state index in [0.717, 1.165) is 18.8 Å². The van der Waals surface area contributed by atoms with E-state index in [0.29, 0.717) is 0 Å². The van der Waals surface area contributed by atoms with Gasteiger partial charge in [0.25, 0.3) is 0 Å². The molecule has 0 heterocycles. The molecule has 0 radical (unpaired) electrons. The molecule has 12 heavy (non-hydrogen) atoms. The molecule has 0 saturated heterocycles. The average Bonchev–Trinajstić information content (AvgIpc) is 2.03. The number of ether oxygens (including phenoxy) is 1. The lowest BCUT2D eigenvalue weighted by molar-refractivity contribution is 0.317. The monoisotopic (exact) mass is 208 g/mol. The van der Waals surface area contributed by atoms with E-state index in [2.05, 4.69) is 6.92 Å². The molecule has 0 aliphatic rings. The first-order valence-corrected chi connectivity index (χ1v) is 3.61. The molecule has 0 bridgehead atoms. The fraction of sp³-hybridized carbons (Fsp3) is 0.333. The first-order valence-electron chi connectivity index (χ1n) is 3.61. The van der Waals surface area contributed by atoms with Crippen molar-refractivity contribution in [2.75, 3.05) is 6.61 Å². The van der Waals surface area contributed by atoms with Gasteiger partial charge in [0.2, 0.25) is 0 Å². The maximum absolute atomic E-state index is 5.36. The molecule has 0 aromatic heterocycles. The Hall–Kier alpha value is -0.400. The molecule has 0 fully saturated rings. The van der Waals surface area contributed by atoms with Gasteiger partial charge in [-0.2, -0.15) is 0 Å². The third-order valence-corrected chi connectivity index (χ3v) is 1.22. The van der Waals surface area contributed by atoms with Gasteiger partial charge in [-0.25, -0.2) is 0 Å². The molecule has 0 aliphatic carbocycles. The smallest absolute Gasteiger partial charge is 0.119 e. The molecule has 0 N–H and O–H groups in total. The summed E-state index contributed by atoms with van der Waals surface area (Å²) >= 11 is 0. The largest absolute Gasteiger partial charge is 0.494 e. The van der Waals surface area contributed by atoms with Gasteiger partial charge in [0.15, 0.2) is 0 Å². The van der Waals surface area contributed by atoms with E-state index in [1.165, 1.54) is 0 Å². The summed E-state index contributed by atoms with van der Waals surface area (Å²) in [4.78, 5) is 0. The van der Waals surface area contributed by atoms with E-state index in [9.17, 15) is 0 Å². The molecule has 0 saturated carbocycles. The predicted molar refractivity (Wildman–Crippen MR) is 56.7 cm³/mol. The summed E-state index contributed by atoms with van der Waals surface area (Å²) in [6.45, 7) is 2.91. The molecule has 0 amide bonds. The zero-order valence-electron chi connectivity index (χ0n) is 7.03. The van der Waals surface area contributed by atoms with Crippen molar-refractivity contribution in [3.63, 3.8) is 0 Å². The van der Waals surface area contributed by atoms with Crippen molar-refractivity contribution in [1.29, 1.82) is 0 Å². The minimum Gasteiger partial charge on any atom is -0.494 e. The Bertz CT molecular complexity index is 177. The maximum Gasteiger partial charge on any atom is 0.119 e. The molecule has 1 aromatic rings. The second-order valence-corrected chi connectivity index (χ2v) is 2.16. The number of rotatable bonds is 3. The minimum atomic E-state index is 0. The molecule has 0 unspecified atom stereocenters. The summed E-state index contributed by atoms with van der Waals surface area (Å²) in [6.07, 6.45) is 1.06. The zero-order valence-corrected chi connectivity index (χ0v) is 8.66. The Kier molecular flexibility index (Phi) is 10.2. The molecule has 0 spiro atoms. The highest BCUT2D eigenvalue weighted by molar-refractivity contribution is 5.85. The van der Waals surface area contributed by atoms with Gasteiger partial charge in [-0.3, -0.25) is 0 Å². The van der Waals surface area contributed by atoms with Crippen LogP contribution in [0.25, 0.3) is 0 Å². The van der Waals surface area contributed by atoms with Gasteiger partial charge in [-0.05, 0) is 18.6 Å². The van der Waals surface area contributed by atoms with Crippen molar-refractivity contribution < 1.29 is 4.74 Å². The van der Waals surface area contributed by atoms with Gasteiger partial charge in [-0.1, -0.05) is 25.1 Å². The first-order chi connectivity index (χ1) is 4.93. The summed E-state index contributed by atoms with van der Waals surface area (Å²) < 4.78 is 5.36. The number of halogens is 2. The van der Waals surface area contributed by atoms with E-state index < -0.39 is 0 Å². The van der Waals surface area contributed by atoms with Crippen molar-refractivity contribution in [3.8, 4) is 5.75 Å². The molecular formula is C9H14Cl2O. The molecule has 0 atom stereocenters. The van der Waals surface area contributed by atoms with Crippen LogP contribution in [0.15, 0.2) is 30.3 Å². The van der Waals surface area contributed by atoms with Crippen molar-refractivity contribution in [1.82, 2.24) is 0 Å². The number of para-hydroxylation sites is 1. The van der Waals surface area contributed by atoms with Crippen LogP contribution in [0.4, 0.5) is 0 Å². The third kappa shape index (κ3) is 5.28. The van der Waals surface area contributed by atoms with E-state index in [4.69, 9.17) is 4.74 Å². The van der Waals surface area contributed by atoms with Crippen LogP contribution < -0.4 is 4.74 Å². The molecule has 1 rings (SSSR count). The van der Waals surface area contributed by atoms with Crippen molar-refractivity contribution in [3.05, 3.63) is 30.3 Å². The fourth-order valence-electron chi connectivity index (χ4n) is 0.737. The van der Waals surface area contributed by atoms with Crippen LogP contribution in [0.1, 0.15) is 13.3 Å². The van der Waals surface area contributed by atoms with E-state index in [1.807, 2.05) is 30.3 Å². The standard InChI is InChI=1S/C9H12O.2ClH/c1-2-8-10-9-6-4-3-5-7-9;;/h3-7H,2,8H2,1H3;2*1H. The Balaban J connectivity index is 0. The van der Waals surface area contributed by atoms with Crippen LogP contribution in [0, 0.1) is 0 Å². The number of hydrogen-bond donors (Lipinski definition) is 0. The van der Waals surface area contributed by atoms with Crippen LogP contribution in [0.3, 0.4) is 0 Å². The predicted octanol–water partition coefficient (Wildman–Crippen LogP) is 3.32. The van der Waals surface area contributed by atoms with E-state index >= 15 is 0 Å². The van der Waals surface area contributed by atoms with Gasteiger partial charge < -0.3 is 4.74 Å². The second-order valence-electron chi connectivity index (χ2n) is 2.16. The molecule has 3 heteroatoms. The summed E-state index contributed by atoms with van der Waals surface area (Å²) in [5, 5.41) is 0. The lowest BCUT2D eigenvalue weighted by Crippen LogP contribution is -1.93. The topological polar surface area (TPSA) is 9.23 Å². The summed E-state index contributed by atoms with van der Waals surface area (Å²) in [5.74, 6) is 0.962. The van der Waals surface area contributed by atoms with Crippen LogP contribution in [0.2, 0.25) is 0 Å². The number of hydrogen-bond acceptors (Lipinski definition) is 1. The SMILES string of the molecule is CCCOc1ccccc1.Cl.Cl. The van der Waals surface area contributed by atoms with Crippen LogP contribution in [-0.4, -0.2) is 6.61 Å². The molecular weight excluding hydrogens is 195 g/mol. The third-order valence-electron chi connectivity index (χ3n) is 1.22. The van der Waals surface area contributed by atoms with Gasteiger partial charge >= 0.3 is 0 Å². The Labute approximate surface area is 85.9 Å². The Morgan fingerprint density at radius 3 is 2.17 bits per heavy atom. The summed E-state index contributed by atoms with van der Waals surface area (Å²) in [5.41, 5.74) is 0. The van der Waals surface area contributed by atoms with E-state index in [1.54, 1.807) is 0 Å². The van der Waals surface area contributed by atoms with Crippen LogP contribution in [0.5, 0.6) is 5.75 Å². The lowest BCUT2D eigenvalue weighted by Gasteiger charge is -2.01. The van der Waals surface area contributed by atoms with Gasteiger partial charge in [0.1, 0.15) is 5.75 Å². The van der Waals surface area contributed by atoms with Crippen LogP contribution in [-0.2, 0) is 0 Å². The van der Waals surface area contributed by atoms with Gasteiger partial charge in [0, 0.05) is 0 Å². The minimum absolute atomic E-state index is 0. The highest BCUT2D eigenvalue weighted by Crippen LogP contribution is 2.07. The number of benzene rings is 1. The molecule has 1 aromatic carbocycles. The van der Waals surface area contributed by atoms with Crippen molar-refractivity contribution >= 4 is 24.8 Å². The van der Waals surface area contributed by atoms with Crippen molar-refractivity contribution in [2.24, 2.45) is 0 Å². The highest BCUT2D eigenvalue weighted by Gasteiger charge is 1.86. The van der Waals surface area contributed by atoms with Crippen LogP contribution >= 0.6 is 24.8 Å². The first kappa shape index (κ1) is 14.1. The normalized spacial score (nSPS) is 7.75. The van der Waals surface area contributed by atoms with Gasteiger partial charge in [0.05, 0.1) is 6.61 Å². The molecule has 70 valence electrons. The summed E-state index contributed by atoms with van der Waals surface area (Å²) in [6, 6.07) is 9.88. The van der Waals surface area contributed by atoms with Gasteiger partial charge in [-0.15, -0.1) is 24.8 Å².